The highest BCUT2D eigenvalue weighted by molar-refractivity contribution is 5.00. The maximum atomic E-state index is 11.8. The minimum atomic E-state index is -2.54. The van der Waals surface area contributed by atoms with Gasteiger partial charge in [-0.1, -0.05) is 13.2 Å². The molecule has 0 aromatic rings. The Labute approximate surface area is 58.0 Å². The molecule has 0 heterocycles. The van der Waals surface area contributed by atoms with Crippen LogP contribution in [0.25, 0.3) is 0 Å². The van der Waals surface area contributed by atoms with E-state index in [0.29, 0.717) is 0 Å². The molecule has 0 fully saturated rings. The van der Waals surface area contributed by atoms with E-state index in [4.69, 9.17) is 0 Å². The van der Waals surface area contributed by atoms with Crippen LogP contribution in [0.5, 0.6) is 0 Å². The van der Waals surface area contributed by atoms with Crippen LogP contribution >= 0.6 is 0 Å². The summed E-state index contributed by atoms with van der Waals surface area (Å²) in [6, 6.07) is 0. The van der Waals surface area contributed by atoms with Gasteiger partial charge in [0.15, 0.2) is 0 Å². The molecule has 0 aliphatic heterocycles. The van der Waals surface area contributed by atoms with Gasteiger partial charge in [0.25, 0.3) is 6.43 Å². The van der Waals surface area contributed by atoms with Gasteiger partial charge in [0, 0.05) is 6.42 Å². The Kier molecular flexibility index (Phi) is 3.84. The SMILES string of the molecule is C=C(F)CCC(=C)C(F)F. The minimum absolute atomic E-state index is 0.0208. The predicted molar refractivity (Wildman–Crippen MR) is 34.6 cm³/mol. The second-order valence-electron chi connectivity index (χ2n) is 1.98. The van der Waals surface area contributed by atoms with Gasteiger partial charge in [-0.2, -0.15) is 0 Å². The van der Waals surface area contributed by atoms with Crippen molar-refractivity contribution in [3.63, 3.8) is 0 Å². The second-order valence-corrected chi connectivity index (χ2v) is 1.98. The zero-order valence-corrected chi connectivity index (χ0v) is 5.54. The van der Waals surface area contributed by atoms with E-state index in [-0.39, 0.29) is 18.4 Å². The molecular weight excluding hydrogens is 141 g/mol. The molecule has 0 saturated carbocycles. The molecule has 0 aliphatic carbocycles. The average Bonchev–Trinajstić information content (AvgIpc) is 1.82. The van der Waals surface area contributed by atoms with Crippen molar-refractivity contribution in [2.45, 2.75) is 19.3 Å². The molecule has 0 nitrogen and oxygen atoms in total. The highest BCUT2D eigenvalue weighted by atomic mass is 19.3. The molecule has 58 valence electrons. The van der Waals surface area contributed by atoms with Gasteiger partial charge >= 0.3 is 0 Å². The van der Waals surface area contributed by atoms with Gasteiger partial charge in [-0.3, -0.25) is 0 Å². The van der Waals surface area contributed by atoms with Crippen molar-refractivity contribution in [3.05, 3.63) is 24.6 Å². The highest BCUT2D eigenvalue weighted by Crippen LogP contribution is 2.15. The molecule has 0 bridgehead atoms. The monoisotopic (exact) mass is 150 g/mol. The van der Waals surface area contributed by atoms with E-state index >= 15 is 0 Å². The van der Waals surface area contributed by atoms with Gasteiger partial charge in [0.05, 0.1) is 5.83 Å². The van der Waals surface area contributed by atoms with Crippen LogP contribution in [-0.2, 0) is 0 Å². The third-order valence-electron chi connectivity index (χ3n) is 1.03. The Morgan fingerprint density at radius 1 is 1.20 bits per heavy atom. The summed E-state index contributed by atoms with van der Waals surface area (Å²) in [5.41, 5.74) is -0.237. The van der Waals surface area contributed by atoms with E-state index in [9.17, 15) is 13.2 Å². The first-order chi connectivity index (χ1) is 4.54. The normalized spacial score (nSPS) is 10.0. The number of halogens is 3. The third kappa shape index (κ3) is 4.18. The topological polar surface area (TPSA) is 0 Å². The molecule has 0 rings (SSSR count). The van der Waals surface area contributed by atoms with Crippen LogP contribution in [0.15, 0.2) is 24.6 Å². The standard InChI is InChI=1S/C7H9F3/c1-5(7(9)10)3-4-6(2)8/h7H,1-4H2. The summed E-state index contributed by atoms with van der Waals surface area (Å²) in [4.78, 5) is 0. The Hall–Kier alpha value is -0.730. The molecule has 0 aromatic heterocycles. The van der Waals surface area contributed by atoms with E-state index in [1.807, 2.05) is 0 Å². The van der Waals surface area contributed by atoms with Crippen molar-refractivity contribution < 1.29 is 13.2 Å². The zero-order valence-electron chi connectivity index (χ0n) is 5.54. The minimum Gasteiger partial charge on any atom is -0.212 e. The number of rotatable bonds is 4. The summed E-state index contributed by atoms with van der Waals surface area (Å²) in [5, 5.41) is 0. The molecular formula is C7H9F3. The first-order valence-corrected chi connectivity index (χ1v) is 2.83. The van der Waals surface area contributed by atoms with Crippen LogP contribution in [0, 0.1) is 0 Å². The Morgan fingerprint density at radius 2 is 1.70 bits per heavy atom. The van der Waals surface area contributed by atoms with E-state index < -0.39 is 12.3 Å². The first-order valence-electron chi connectivity index (χ1n) is 2.83. The quantitative estimate of drug-likeness (QED) is 0.540. The molecule has 0 amide bonds. The van der Waals surface area contributed by atoms with Crippen molar-refractivity contribution in [3.8, 4) is 0 Å². The number of hydrogen-bond acceptors (Lipinski definition) is 0. The molecule has 0 radical (unpaired) electrons. The van der Waals surface area contributed by atoms with Gasteiger partial charge in [-0.05, 0) is 12.0 Å². The molecule has 10 heavy (non-hydrogen) atoms. The van der Waals surface area contributed by atoms with Gasteiger partial charge in [0.1, 0.15) is 0 Å². The van der Waals surface area contributed by atoms with Crippen LogP contribution in [-0.4, -0.2) is 6.43 Å². The average molecular weight is 150 g/mol. The smallest absolute Gasteiger partial charge is 0.212 e. The summed E-state index contributed by atoms with van der Waals surface area (Å²) in [6.07, 6.45) is -2.62. The molecule has 0 unspecified atom stereocenters. The third-order valence-corrected chi connectivity index (χ3v) is 1.03. The number of hydrogen-bond donors (Lipinski definition) is 0. The van der Waals surface area contributed by atoms with Gasteiger partial charge in [-0.15, -0.1) is 0 Å². The second kappa shape index (κ2) is 4.14. The molecule has 0 atom stereocenters. The fraction of sp³-hybridized carbons (Fsp3) is 0.429. The van der Waals surface area contributed by atoms with Crippen LogP contribution in [0.3, 0.4) is 0 Å². The lowest BCUT2D eigenvalue weighted by molar-refractivity contribution is 0.185. The maximum absolute atomic E-state index is 11.8. The van der Waals surface area contributed by atoms with E-state index in [1.54, 1.807) is 0 Å². The fourth-order valence-electron chi connectivity index (χ4n) is 0.405. The Balaban J connectivity index is 3.50. The Morgan fingerprint density at radius 3 is 2.00 bits per heavy atom. The van der Waals surface area contributed by atoms with Crippen molar-refractivity contribution in [2.24, 2.45) is 0 Å². The van der Waals surface area contributed by atoms with Gasteiger partial charge in [-0.25, -0.2) is 13.2 Å². The van der Waals surface area contributed by atoms with Crippen LogP contribution in [0.4, 0.5) is 13.2 Å². The lowest BCUT2D eigenvalue weighted by Gasteiger charge is -2.00. The summed E-state index contributed by atoms with van der Waals surface area (Å²) >= 11 is 0. The van der Waals surface area contributed by atoms with Crippen LogP contribution < -0.4 is 0 Å². The fourth-order valence-corrected chi connectivity index (χ4v) is 0.405. The molecule has 0 aliphatic rings. The van der Waals surface area contributed by atoms with Crippen molar-refractivity contribution >= 4 is 0 Å². The summed E-state index contributed by atoms with van der Waals surface area (Å²) in [7, 11) is 0. The molecule has 0 spiro atoms. The van der Waals surface area contributed by atoms with Crippen molar-refractivity contribution in [1.29, 1.82) is 0 Å². The lowest BCUT2D eigenvalue weighted by atomic mass is 10.2. The molecule has 0 aromatic carbocycles. The summed E-state index contributed by atoms with van der Waals surface area (Å²) in [5.74, 6) is -0.582. The maximum Gasteiger partial charge on any atom is 0.259 e. The Bertz CT molecular complexity index is 138. The summed E-state index contributed by atoms with van der Waals surface area (Å²) in [6.45, 7) is 6.00. The van der Waals surface area contributed by atoms with Crippen LogP contribution in [0.2, 0.25) is 0 Å². The van der Waals surface area contributed by atoms with Gasteiger partial charge in [0.2, 0.25) is 0 Å². The highest BCUT2D eigenvalue weighted by Gasteiger charge is 2.07. The molecule has 0 N–H and O–H groups in total. The van der Waals surface area contributed by atoms with Crippen molar-refractivity contribution in [2.75, 3.05) is 0 Å². The lowest BCUT2D eigenvalue weighted by Crippen LogP contribution is -1.94. The number of allylic oxidation sites excluding steroid dienone is 2. The zero-order chi connectivity index (χ0) is 8.15. The first kappa shape index (κ1) is 9.27. The van der Waals surface area contributed by atoms with E-state index in [1.165, 1.54) is 0 Å². The molecule has 0 saturated heterocycles. The van der Waals surface area contributed by atoms with E-state index in [0.717, 1.165) is 0 Å². The van der Waals surface area contributed by atoms with Gasteiger partial charge < -0.3 is 0 Å². The largest absolute Gasteiger partial charge is 0.259 e. The molecule has 3 heteroatoms. The van der Waals surface area contributed by atoms with E-state index in [2.05, 4.69) is 13.2 Å². The summed E-state index contributed by atoms with van der Waals surface area (Å²) < 4.78 is 35.1. The van der Waals surface area contributed by atoms with Crippen molar-refractivity contribution in [1.82, 2.24) is 0 Å². The number of alkyl halides is 2. The predicted octanol–water partition coefficient (Wildman–Crippen LogP) is 3.07. The van der Waals surface area contributed by atoms with Crippen LogP contribution in [0.1, 0.15) is 12.8 Å².